The summed E-state index contributed by atoms with van der Waals surface area (Å²) in [4.78, 5) is 0. The lowest BCUT2D eigenvalue weighted by atomic mass is 9.39. The maximum Gasteiger partial charge on any atom is 0.112 e. The van der Waals surface area contributed by atoms with Crippen LogP contribution in [0.5, 0.6) is 0 Å². The molecule has 4 heteroatoms. The lowest BCUT2D eigenvalue weighted by Gasteiger charge is -2.68. The van der Waals surface area contributed by atoms with Gasteiger partial charge in [0.1, 0.15) is 5.60 Å². The van der Waals surface area contributed by atoms with Gasteiger partial charge in [-0.1, -0.05) is 67.0 Å². The molecule has 12 atom stereocenters. The van der Waals surface area contributed by atoms with E-state index in [0.717, 1.165) is 19.4 Å². The van der Waals surface area contributed by atoms with Gasteiger partial charge in [0.2, 0.25) is 0 Å². The zero-order valence-electron chi connectivity index (χ0n) is 26.9. The van der Waals surface area contributed by atoms with Gasteiger partial charge >= 0.3 is 0 Å². The van der Waals surface area contributed by atoms with Crippen molar-refractivity contribution < 1.29 is 14.2 Å². The first kappa shape index (κ1) is 28.0. The molecule has 5 aliphatic carbocycles. The molecular weight excluding hydrogens is 494 g/mol. The smallest absolute Gasteiger partial charge is 0.112 e. The quantitative estimate of drug-likeness (QED) is 0.344. The molecule has 3 heterocycles. The average molecular weight is 552 g/mol. The summed E-state index contributed by atoms with van der Waals surface area (Å²) in [6, 6.07) is 0. The fourth-order valence-corrected chi connectivity index (χ4v) is 11.9. The highest BCUT2D eigenvalue weighted by Crippen LogP contribution is 2.87. The van der Waals surface area contributed by atoms with Gasteiger partial charge < -0.3 is 19.9 Å². The summed E-state index contributed by atoms with van der Waals surface area (Å²) in [6.07, 6.45) is 16.1. The molecule has 40 heavy (non-hydrogen) atoms. The summed E-state index contributed by atoms with van der Waals surface area (Å²) in [7, 11) is 0. The number of rotatable bonds is 6. The SMILES string of the molecule is CC(C)[C@@H](C)[C@]12CCC3(C)C4CCC5C6(C4=CC[C@@]3(C=CO1)C2)C(C)C61CC(OC[C@](C)(N)C(C)C)[C@@]5(C)CO1. The van der Waals surface area contributed by atoms with Crippen LogP contribution in [-0.2, 0) is 14.2 Å². The van der Waals surface area contributed by atoms with Crippen molar-refractivity contribution in [1.82, 2.24) is 0 Å². The standard InChI is InChI=1S/C36H57NO3/c1-22(2)24(5)34-15-14-31(8)26-10-11-28-30(7)20-40-35(18-29(30)38-21-32(9,37)23(3)4)25(6)36(28,35)27(26)12-13-33(31,19-34)16-17-39-34/h12,16-17,22-26,28-29H,10-11,13-15,18-21,37H2,1-9H3/t24-,25?,26?,28?,29?,30+,31?,32+,33-,34-,35?,36?/m1/s1. The summed E-state index contributed by atoms with van der Waals surface area (Å²) < 4.78 is 20.4. The van der Waals surface area contributed by atoms with Crippen molar-refractivity contribution in [3.05, 3.63) is 24.0 Å². The van der Waals surface area contributed by atoms with Gasteiger partial charge in [-0.25, -0.2) is 0 Å². The van der Waals surface area contributed by atoms with Crippen LogP contribution < -0.4 is 5.73 Å². The Morgan fingerprint density at radius 1 is 1.12 bits per heavy atom. The number of hydrogen-bond donors (Lipinski definition) is 1. The van der Waals surface area contributed by atoms with Crippen LogP contribution in [-0.4, -0.2) is 36.1 Å². The molecule has 6 fully saturated rings. The third-order valence-corrected chi connectivity index (χ3v) is 15.5. The van der Waals surface area contributed by atoms with Crippen molar-refractivity contribution in [3.63, 3.8) is 0 Å². The lowest BCUT2D eigenvalue weighted by molar-refractivity contribution is -0.254. The van der Waals surface area contributed by atoms with Crippen molar-refractivity contribution in [2.75, 3.05) is 13.2 Å². The van der Waals surface area contributed by atoms with Crippen LogP contribution in [0.3, 0.4) is 0 Å². The van der Waals surface area contributed by atoms with Crippen LogP contribution in [0.1, 0.15) is 107 Å². The van der Waals surface area contributed by atoms with Gasteiger partial charge in [-0.2, -0.15) is 0 Å². The van der Waals surface area contributed by atoms with E-state index in [2.05, 4.69) is 80.7 Å². The molecule has 2 N–H and O–H groups in total. The maximum atomic E-state index is 7.01. The molecule has 224 valence electrons. The highest BCUT2D eigenvalue weighted by atomic mass is 16.5. The van der Waals surface area contributed by atoms with Crippen molar-refractivity contribution in [2.45, 2.75) is 130 Å². The molecule has 0 amide bonds. The Balaban J connectivity index is 1.24. The third kappa shape index (κ3) is 3.00. The fraction of sp³-hybridized carbons (Fsp3) is 0.889. The van der Waals surface area contributed by atoms with Gasteiger partial charge in [0.05, 0.1) is 31.2 Å². The van der Waals surface area contributed by atoms with E-state index in [9.17, 15) is 0 Å². The topological polar surface area (TPSA) is 53.7 Å². The normalized spacial score (nSPS) is 54.0. The molecule has 0 radical (unpaired) electrons. The van der Waals surface area contributed by atoms with Crippen LogP contribution in [0.4, 0.5) is 0 Å². The Morgan fingerprint density at radius 2 is 1.88 bits per heavy atom. The predicted octanol–water partition coefficient (Wildman–Crippen LogP) is 7.67. The van der Waals surface area contributed by atoms with E-state index < -0.39 is 0 Å². The second-order valence-electron chi connectivity index (χ2n) is 17.3. The molecule has 7 unspecified atom stereocenters. The second-order valence-corrected chi connectivity index (χ2v) is 17.3. The van der Waals surface area contributed by atoms with Crippen molar-refractivity contribution in [1.29, 1.82) is 0 Å². The molecule has 4 saturated carbocycles. The van der Waals surface area contributed by atoms with Crippen molar-refractivity contribution >= 4 is 0 Å². The lowest BCUT2D eigenvalue weighted by Crippen LogP contribution is -2.66. The number of hydrogen-bond acceptors (Lipinski definition) is 4. The fourth-order valence-electron chi connectivity index (χ4n) is 11.9. The Kier molecular flexibility index (Phi) is 5.73. The molecule has 2 saturated heterocycles. The van der Waals surface area contributed by atoms with Gasteiger partial charge in [0.25, 0.3) is 0 Å². The van der Waals surface area contributed by atoms with Crippen LogP contribution >= 0.6 is 0 Å². The Labute approximate surface area is 244 Å². The van der Waals surface area contributed by atoms with Crippen molar-refractivity contribution in [2.24, 2.45) is 62.9 Å². The summed E-state index contributed by atoms with van der Waals surface area (Å²) >= 11 is 0. The van der Waals surface area contributed by atoms with E-state index in [1.807, 2.05) is 0 Å². The van der Waals surface area contributed by atoms with E-state index in [1.165, 1.54) is 32.1 Å². The maximum absolute atomic E-state index is 7.01. The van der Waals surface area contributed by atoms with E-state index >= 15 is 0 Å². The number of fused-ring (bicyclic) bond motifs is 5. The highest BCUT2D eigenvalue weighted by molar-refractivity contribution is 5.49. The molecule has 3 aliphatic heterocycles. The molecule has 0 aromatic rings. The minimum atomic E-state index is -0.301. The summed E-state index contributed by atoms with van der Waals surface area (Å²) in [5.74, 6) is 3.44. The molecule has 8 aliphatic rings. The van der Waals surface area contributed by atoms with Gasteiger partial charge in [-0.3, -0.25) is 0 Å². The average Bonchev–Trinajstić information content (AvgIpc) is 3.44. The predicted molar refractivity (Wildman–Crippen MR) is 160 cm³/mol. The molecule has 4 nitrogen and oxygen atoms in total. The minimum absolute atomic E-state index is 0.00408. The Hall–Kier alpha value is -0.840. The second kappa shape index (κ2) is 8.20. The molecule has 3 spiro atoms. The van der Waals surface area contributed by atoms with E-state index in [4.69, 9.17) is 19.9 Å². The van der Waals surface area contributed by atoms with Crippen LogP contribution in [0, 0.1) is 57.2 Å². The van der Waals surface area contributed by atoms with Gasteiger partial charge in [0.15, 0.2) is 0 Å². The van der Waals surface area contributed by atoms with E-state index in [-0.39, 0.29) is 44.5 Å². The first-order valence-electron chi connectivity index (χ1n) is 16.8. The van der Waals surface area contributed by atoms with Gasteiger partial charge in [-0.05, 0) is 92.4 Å². The monoisotopic (exact) mass is 551 g/mol. The third-order valence-electron chi connectivity index (χ3n) is 15.5. The van der Waals surface area contributed by atoms with Crippen LogP contribution in [0.25, 0.3) is 0 Å². The zero-order valence-corrected chi connectivity index (χ0v) is 26.9. The summed E-state index contributed by atoms with van der Waals surface area (Å²) in [5, 5.41) is 0. The highest BCUT2D eigenvalue weighted by Gasteiger charge is 2.89. The number of nitrogens with two attached hydrogens (primary N) is 1. The molecule has 0 aromatic heterocycles. The van der Waals surface area contributed by atoms with Crippen LogP contribution in [0.2, 0.25) is 0 Å². The van der Waals surface area contributed by atoms with Gasteiger partial charge in [-0.15, -0.1) is 0 Å². The summed E-state index contributed by atoms with van der Waals surface area (Å²) in [5.41, 5.74) is 8.87. The molecule has 4 bridgehead atoms. The Bertz CT molecular complexity index is 1140. The number of ether oxygens (including phenoxy) is 3. The minimum Gasteiger partial charge on any atom is -0.495 e. The Morgan fingerprint density at radius 3 is 2.58 bits per heavy atom. The molecule has 8 rings (SSSR count). The van der Waals surface area contributed by atoms with Crippen LogP contribution in [0.15, 0.2) is 24.0 Å². The summed E-state index contributed by atoms with van der Waals surface area (Å²) in [6.45, 7) is 22.9. The first-order valence-corrected chi connectivity index (χ1v) is 16.8. The molecule has 0 aromatic carbocycles. The van der Waals surface area contributed by atoms with E-state index in [0.29, 0.717) is 42.1 Å². The van der Waals surface area contributed by atoms with E-state index in [1.54, 1.807) is 5.57 Å². The largest absolute Gasteiger partial charge is 0.495 e. The zero-order chi connectivity index (χ0) is 28.7. The number of allylic oxidation sites excluding steroid dienone is 2. The van der Waals surface area contributed by atoms with Crippen molar-refractivity contribution in [3.8, 4) is 0 Å². The first-order chi connectivity index (χ1) is 18.7. The van der Waals surface area contributed by atoms with Gasteiger partial charge in [0, 0.05) is 28.2 Å². The molecular formula is C36H57NO3.